The zero-order valence-electron chi connectivity index (χ0n) is 26.9. The summed E-state index contributed by atoms with van der Waals surface area (Å²) in [5, 5.41) is 0.00115. The summed E-state index contributed by atoms with van der Waals surface area (Å²) in [4.78, 5) is 15.8. The number of fused-ring (bicyclic) bond motifs is 3. The predicted molar refractivity (Wildman–Crippen MR) is 177 cm³/mol. The fraction of sp³-hybridized carbons (Fsp3) is 0.629. The van der Waals surface area contributed by atoms with Crippen LogP contribution >= 0.6 is 11.6 Å². The van der Waals surface area contributed by atoms with Gasteiger partial charge in [-0.25, -0.2) is 13.1 Å². The standard InChI is InChI=1S/C35H47ClN2O6S/c1-5-29-24(3)20-38-21-34(14-7-9-26-18-28(36)11-12-30(26)34)22-42-32-13-10-27(19-31(32)38)33(39)37-45(40,41)25(4)23(2)8-6-15-35(29)43-16-17-44-35/h10-13,18-19,23-25,29H,5-9,14-17,20-22H2,1-4H3,(H,37,39)/t23-,24-,25+,29+,34-/m0/s1. The first kappa shape index (κ1) is 32.6. The van der Waals surface area contributed by atoms with Crippen molar-refractivity contribution in [2.45, 2.75) is 89.1 Å². The van der Waals surface area contributed by atoms with Crippen LogP contribution in [0.15, 0.2) is 36.4 Å². The molecule has 0 saturated carbocycles. The Hall–Kier alpha value is -2.33. The second kappa shape index (κ2) is 12.7. The summed E-state index contributed by atoms with van der Waals surface area (Å²) in [6.45, 7) is 11.1. The first-order chi connectivity index (χ1) is 21.5. The minimum absolute atomic E-state index is 0.122. The van der Waals surface area contributed by atoms with E-state index in [9.17, 15) is 13.2 Å². The van der Waals surface area contributed by atoms with Crippen molar-refractivity contribution in [1.82, 2.24) is 4.72 Å². The number of benzene rings is 2. The molecule has 8 nitrogen and oxygen atoms in total. The van der Waals surface area contributed by atoms with Crippen LogP contribution in [0.2, 0.25) is 5.02 Å². The van der Waals surface area contributed by atoms with Gasteiger partial charge in [0.25, 0.3) is 5.91 Å². The Morgan fingerprint density at radius 3 is 2.56 bits per heavy atom. The molecule has 3 heterocycles. The Labute approximate surface area is 273 Å². The number of hydrogen-bond acceptors (Lipinski definition) is 7. The van der Waals surface area contributed by atoms with Crippen molar-refractivity contribution in [3.8, 4) is 5.75 Å². The summed E-state index contributed by atoms with van der Waals surface area (Å²) in [5.74, 6) is -0.478. The molecule has 10 heteroatoms. The summed E-state index contributed by atoms with van der Waals surface area (Å²) in [6.07, 6.45) is 6.00. The molecular weight excluding hydrogens is 612 g/mol. The maximum absolute atomic E-state index is 13.5. The monoisotopic (exact) mass is 658 g/mol. The van der Waals surface area contributed by atoms with E-state index in [1.54, 1.807) is 19.1 Å². The van der Waals surface area contributed by atoms with Gasteiger partial charge in [-0.1, -0.05) is 38.4 Å². The summed E-state index contributed by atoms with van der Waals surface area (Å²) in [7, 11) is -3.91. The molecule has 0 unspecified atom stereocenters. The van der Waals surface area contributed by atoms with Gasteiger partial charge in [-0.3, -0.25) is 4.79 Å². The van der Waals surface area contributed by atoms with Gasteiger partial charge in [0.05, 0.1) is 30.8 Å². The summed E-state index contributed by atoms with van der Waals surface area (Å²) < 4.78 is 48.7. The molecule has 2 aromatic rings. The molecule has 1 saturated heterocycles. The third-order valence-corrected chi connectivity index (χ3v) is 13.1. The van der Waals surface area contributed by atoms with Crippen LogP contribution < -0.4 is 14.4 Å². The number of anilines is 1. The molecule has 1 fully saturated rings. The number of aryl methyl sites for hydroxylation is 1. The van der Waals surface area contributed by atoms with E-state index in [4.69, 9.17) is 25.8 Å². The van der Waals surface area contributed by atoms with Gasteiger partial charge in [0.1, 0.15) is 5.75 Å². The third kappa shape index (κ3) is 6.22. The molecule has 2 bridgehead atoms. The van der Waals surface area contributed by atoms with E-state index in [1.807, 2.05) is 19.1 Å². The van der Waals surface area contributed by atoms with Crippen molar-refractivity contribution in [1.29, 1.82) is 0 Å². The fourth-order valence-corrected chi connectivity index (χ4v) is 9.89. The number of rotatable bonds is 1. The lowest BCUT2D eigenvalue weighted by Gasteiger charge is -2.44. The Bertz CT molecular complexity index is 1530. The number of amides is 1. The number of sulfonamides is 1. The van der Waals surface area contributed by atoms with Crippen LogP contribution in [0.1, 0.15) is 87.7 Å². The van der Waals surface area contributed by atoms with E-state index in [0.29, 0.717) is 57.1 Å². The number of carbonyl (C=O) groups is 1. The molecule has 2 aromatic carbocycles. The minimum Gasteiger partial charge on any atom is -0.490 e. The van der Waals surface area contributed by atoms with Crippen molar-refractivity contribution in [3.05, 3.63) is 58.1 Å². The highest BCUT2D eigenvalue weighted by Gasteiger charge is 2.47. The van der Waals surface area contributed by atoms with Crippen LogP contribution in [0.25, 0.3) is 0 Å². The molecule has 3 aliphatic heterocycles. The molecule has 0 aromatic heterocycles. The molecule has 246 valence electrons. The Balaban J connectivity index is 1.45. The lowest BCUT2D eigenvalue weighted by Crippen LogP contribution is -2.49. The maximum Gasteiger partial charge on any atom is 0.264 e. The van der Waals surface area contributed by atoms with E-state index < -0.39 is 27.0 Å². The molecule has 0 radical (unpaired) electrons. The highest BCUT2D eigenvalue weighted by atomic mass is 35.5. The van der Waals surface area contributed by atoms with Crippen LogP contribution in [0.4, 0.5) is 5.69 Å². The van der Waals surface area contributed by atoms with Crippen LogP contribution in [-0.4, -0.2) is 58.3 Å². The number of hydrogen-bond donors (Lipinski definition) is 1. The number of nitrogens with zero attached hydrogens (tertiary/aromatic N) is 1. The van der Waals surface area contributed by atoms with Crippen molar-refractivity contribution in [2.75, 3.05) is 37.8 Å². The quantitative estimate of drug-likeness (QED) is 0.375. The van der Waals surface area contributed by atoms with Gasteiger partial charge in [-0.2, -0.15) is 0 Å². The predicted octanol–water partition coefficient (Wildman–Crippen LogP) is 6.49. The fourth-order valence-electron chi connectivity index (χ4n) is 8.38. The lowest BCUT2D eigenvalue weighted by atomic mass is 9.70. The number of nitrogens with one attached hydrogen (secondary N) is 1. The molecule has 1 amide bonds. The SMILES string of the molecule is CC[C@@H]1[C@@H](C)CN2C[C@@]3(CCCc4cc(Cl)ccc43)COc3ccc(cc32)C(=O)NS(=O)(=O)[C@H](C)[C@@H](C)CCCC12OCCO2. The third-order valence-electron chi connectivity index (χ3n) is 11.0. The van der Waals surface area contributed by atoms with Crippen LogP contribution in [-0.2, 0) is 31.3 Å². The Morgan fingerprint density at radius 2 is 1.80 bits per heavy atom. The van der Waals surface area contributed by atoms with Crippen molar-refractivity contribution in [3.63, 3.8) is 0 Å². The van der Waals surface area contributed by atoms with Gasteiger partial charge >= 0.3 is 0 Å². The molecule has 1 N–H and O–H groups in total. The average molecular weight is 659 g/mol. The van der Waals surface area contributed by atoms with E-state index in [0.717, 1.165) is 42.8 Å². The molecule has 2 spiro atoms. The molecule has 6 rings (SSSR count). The van der Waals surface area contributed by atoms with Crippen LogP contribution in [0.5, 0.6) is 5.75 Å². The lowest BCUT2D eigenvalue weighted by molar-refractivity contribution is -0.212. The number of carbonyl (C=O) groups excluding carboxylic acids is 1. The second-order valence-electron chi connectivity index (χ2n) is 13.8. The van der Waals surface area contributed by atoms with Crippen LogP contribution in [0.3, 0.4) is 0 Å². The molecular formula is C35H47ClN2O6S. The molecule has 45 heavy (non-hydrogen) atoms. The Morgan fingerprint density at radius 1 is 1.02 bits per heavy atom. The highest BCUT2D eigenvalue weighted by Crippen LogP contribution is 2.46. The van der Waals surface area contributed by atoms with E-state index >= 15 is 0 Å². The number of halogens is 1. The summed E-state index contributed by atoms with van der Waals surface area (Å²) in [6, 6.07) is 11.5. The smallest absolute Gasteiger partial charge is 0.264 e. The summed E-state index contributed by atoms with van der Waals surface area (Å²) >= 11 is 6.44. The van der Waals surface area contributed by atoms with Gasteiger partial charge in [-0.15, -0.1) is 0 Å². The first-order valence-electron chi connectivity index (χ1n) is 16.6. The zero-order chi connectivity index (χ0) is 32.0. The van der Waals surface area contributed by atoms with E-state index in [2.05, 4.69) is 35.6 Å². The molecule has 5 atom stereocenters. The first-order valence-corrected chi connectivity index (χ1v) is 18.5. The number of ether oxygens (including phenoxy) is 3. The zero-order valence-corrected chi connectivity index (χ0v) is 28.5. The van der Waals surface area contributed by atoms with Crippen LogP contribution in [0, 0.1) is 17.8 Å². The van der Waals surface area contributed by atoms with Gasteiger partial charge in [0.2, 0.25) is 10.0 Å². The average Bonchev–Trinajstić information content (AvgIpc) is 3.42. The van der Waals surface area contributed by atoms with E-state index in [-0.39, 0.29) is 23.2 Å². The second-order valence-corrected chi connectivity index (χ2v) is 16.3. The normalized spacial score (nSPS) is 31.6. The van der Waals surface area contributed by atoms with Gasteiger partial charge in [-0.05, 0) is 98.7 Å². The molecule has 1 aliphatic carbocycles. The van der Waals surface area contributed by atoms with Gasteiger partial charge in [0.15, 0.2) is 5.79 Å². The minimum atomic E-state index is -3.91. The largest absolute Gasteiger partial charge is 0.490 e. The topological polar surface area (TPSA) is 94.2 Å². The Kier molecular flexibility index (Phi) is 9.20. The van der Waals surface area contributed by atoms with Crippen molar-refractivity contribution in [2.24, 2.45) is 17.8 Å². The van der Waals surface area contributed by atoms with Gasteiger partial charge in [0, 0.05) is 41.4 Å². The van der Waals surface area contributed by atoms with Crippen molar-refractivity contribution < 1.29 is 27.4 Å². The highest BCUT2D eigenvalue weighted by molar-refractivity contribution is 7.90. The van der Waals surface area contributed by atoms with E-state index in [1.165, 1.54) is 11.1 Å². The summed E-state index contributed by atoms with van der Waals surface area (Å²) in [5.41, 5.74) is 3.36. The maximum atomic E-state index is 13.5. The van der Waals surface area contributed by atoms with Gasteiger partial charge < -0.3 is 19.1 Å². The molecule has 4 aliphatic rings. The van der Waals surface area contributed by atoms with Crippen molar-refractivity contribution >= 4 is 33.2 Å².